The molecule has 0 saturated heterocycles. The Morgan fingerprint density at radius 2 is 2.09 bits per heavy atom. The molecule has 1 heterocycles. The average molecular weight is 316 g/mol. The highest BCUT2D eigenvalue weighted by molar-refractivity contribution is 5.92. The number of para-hydroxylation sites is 2. The third-order valence-electron chi connectivity index (χ3n) is 2.91. The van der Waals surface area contributed by atoms with E-state index in [1.165, 1.54) is 6.20 Å². The molecule has 0 spiro atoms. The fourth-order valence-corrected chi connectivity index (χ4v) is 1.87. The molecule has 0 fully saturated rings. The number of carbonyl (C=O) groups excluding carboxylic acids is 1. The fraction of sp³-hybridized carbons (Fsp3) is 0.312. The summed E-state index contributed by atoms with van der Waals surface area (Å²) in [5, 5.41) is 5.78. The Hall–Kier alpha value is -2.67. The van der Waals surface area contributed by atoms with Gasteiger partial charge in [0.1, 0.15) is 11.4 Å². The summed E-state index contributed by atoms with van der Waals surface area (Å²) >= 11 is 0. The van der Waals surface area contributed by atoms with Gasteiger partial charge in [0.05, 0.1) is 18.9 Å². The van der Waals surface area contributed by atoms with Crippen LogP contribution in [-0.4, -0.2) is 42.7 Å². The van der Waals surface area contributed by atoms with E-state index in [2.05, 4.69) is 20.6 Å². The number of ether oxygens (including phenoxy) is 2. The summed E-state index contributed by atoms with van der Waals surface area (Å²) in [6.07, 6.45) is 1.53. The summed E-state index contributed by atoms with van der Waals surface area (Å²) in [5.74, 6) is 0.760. The minimum Gasteiger partial charge on any atom is -0.492 e. The lowest BCUT2D eigenvalue weighted by Crippen LogP contribution is -2.27. The zero-order valence-corrected chi connectivity index (χ0v) is 13.2. The maximum Gasteiger partial charge on any atom is 0.270 e. The second-order valence-electron chi connectivity index (χ2n) is 4.57. The number of rotatable bonds is 8. The molecule has 1 amide bonds. The Balaban J connectivity index is 2.09. The van der Waals surface area contributed by atoms with Gasteiger partial charge in [-0.1, -0.05) is 12.1 Å². The SMILES string of the molecule is CCOc1ccccc1Nc1nccc(C(=O)NCCOC)n1. The molecule has 0 unspecified atom stereocenters. The highest BCUT2D eigenvalue weighted by atomic mass is 16.5. The molecule has 1 aromatic heterocycles. The molecule has 0 radical (unpaired) electrons. The normalized spacial score (nSPS) is 10.2. The van der Waals surface area contributed by atoms with E-state index in [-0.39, 0.29) is 11.6 Å². The van der Waals surface area contributed by atoms with Gasteiger partial charge in [0.2, 0.25) is 5.95 Å². The van der Waals surface area contributed by atoms with Gasteiger partial charge in [-0.3, -0.25) is 4.79 Å². The maximum atomic E-state index is 12.0. The van der Waals surface area contributed by atoms with Crippen molar-refractivity contribution < 1.29 is 14.3 Å². The number of benzene rings is 1. The van der Waals surface area contributed by atoms with Crippen molar-refractivity contribution in [1.82, 2.24) is 15.3 Å². The molecule has 0 aliphatic carbocycles. The van der Waals surface area contributed by atoms with E-state index in [9.17, 15) is 4.79 Å². The highest BCUT2D eigenvalue weighted by Gasteiger charge is 2.09. The molecule has 7 heteroatoms. The quantitative estimate of drug-likeness (QED) is 0.725. The Morgan fingerprint density at radius 1 is 1.26 bits per heavy atom. The first-order chi connectivity index (χ1) is 11.2. The Labute approximate surface area is 135 Å². The van der Waals surface area contributed by atoms with E-state index in [0.29, 0.717) is 31.5 Å². The van der Waals surface area contributed by atoms with Gasteiger partial charge in [0.25, 0.3) is 5.91 Å². The molecule has 2 rings (SSSR count). The van der Waals surface area contributed by atoms with Crippen molar-refractivity contribution in [3.63, 3.8) is 0 Å². The molecule has 2 aromatic rings. The molecule has 0 atom stereocenters. The number of amides is 1. The molecular weight excluding hydrogens is 296 g/mol. The Morgan fingerprint density at radius 3 is 2.87 bits per heavy atom. The summed E-state index contributed by atoms with van der Waals surface area (Å²) in [7, 11) is 1.58. The summed E-state index contributed by atoms with van der Waals surface area (Å²) in [6.45, 7) is 3.35. The van der Waals surface area contributed by atoms with Gasteiger partial charge in [-0.15, -0.1) is 0 Å². The molecule has 1 aromatic carbocycles. The van der Waals surface area contributed by atoms with Crippen LogP contribution >= 0.6 is 0 Å². The van der Waals surface area contributed by atoms with Crippen molar-refractivity contribution in [1.29, 1.82) is 0 Å². The van der Waals surface area contributed by atoms with Crippen LogP contribution in [0.15, 0.2) is 36.5 Å². The first-order valence-electron chi connectivity index (χ1n) is 7.33. The second kappa shape index (κ2) is 8.70. The second-order valence-corrected chi connectivity index (χ2v) is 4.57. The zero-order chi connectivity index (χ0) is 16.5. The van der Waals surface area contributed by atoms with Crippen LogP contribution in [0.1, 0.15) is 17.4 Å². The number of methoxy groups -OCH3 is 1. The Bertz CT molecular complexity index is 649. The number of nitrogens with one attached hydrogen (secondary N) is 2. The van der Waals surface area contributed by atoms with Crippen molar-refractivity contribution in [2.45, 2.75) is 6.92 Å². The maximum absolute atomic E-state index is 12.0. The van der Waals surface area contributed by atoms with Crippen LogP contribution in [0.3, 0.4) is 0 Å². The first kappa shape index (κ1) is 16.7. The first-order valence-corrected chi connectivity index (χ1v) is 7.33. The van der Waals surface area contributed by atoms with Gasteiger partial charge >= 0.3 is 0 Å². The van der Waals surface area contributed by atoms with Gasteiger partial charge in [-0.2, -0.15) is 0 Å². The van der Waals surface area contributed by atoms with Crippen molar-refractivity contribution >= 4 is 17.5 Å². The number of nitrogens with zero attached hydrogens (tertiary/aromatic N) is 2. The number of hydrogen-bond donors (Lipinski definition) is 2. The highest BCUT2D eigenvalue weighted by Crippen LogP contribution is 2.25. The topological polar surface area (TPSA) is 85.4 Å². The molecule has 23 heavy (non-hydrogen) atoms. The molecular formula is C16H20N4O3. The summed E-state index contributed by atoms with van der Waals surface area (Å²) in [5.41, 5.74) is 1.03. The number of hydrogen-bond acceptors (Lipinski definition) is 6. The predicted molar refractivity (Wildman–Crippen MR) is 87.1 cm³/mol. The van der Waals surface area contributed by atoms with Crippen molar-refractivity contribution in [2.75, 3.05) is 32.2 Å². The number of aromatic nitrogens is 2. The molecule has 7 nitrogen and oxygen atoms in total. The van der Waals surface area contributed by atoms with Crippen LogP contribution in [0.25, 0.3) is 0 Å². The third kappa shape index (κ3) is 4.93. The standard InChI is InChI=1S/C16H20N4O3/c1-3-23-14-7-5-4-6-12(14)19-16-18-9-8-13(20-16)15(21)17-10-11-22-2/h4-9H,3,10-11H2,1-2H3,(H,17,21)(H,18,19,20). The fourth-order valence-electron chi connectivity index (χ4n) is 1.87. The zero-order valence-electron chi connectivity index (χ0n) is 13.2. The largest absolute Gasteiger partial charge is 0.492 e. The van der Waals surface area contributed by atoms with Crippen molar-refractivity contribution in [3.8, 4) is 5.75 Å². The molecule has 0 saturated carbocycles. The van der Waals surface area contributed by atoms with Gasteiger partial charge in [0.15, 0.2) is 0 Å². The van der Waals surface area contributed by atoms with E-state index in [0.717, 1.165) is 5.69 Å². The van der Waals surface area contributed by atoms with Crippen LogP contribution in [0, 0.1) is 0 Å². The minimum absolute atomic E-state index is 0.273. The number of carbonyl (C=O) groups is 1. The minimum atomic E-state index is -0.273. The van der Waals surface area contributed by atoms with Crippen molar-refractivity contribution in [2.24, 2.45) is 0 Å². The summed E-state index contributed by atoms with van der Waals surface area (Å²) < 4.78 is 10.4. The van der Waals surface area contributed by atoms with E-state index < -0.39 is 0 Å². The van der Waals surface area contributed by atoms with Crippen LogP contribution in [0.2, 0.25) is 0 Å². The van der Waals surface area contributed by atoms with Crippen LogP contribution in [0.5, 0.6) is 5.75 Å². The van der Waals surface area contributed by atoms with Gasteiger partial charge in [-0.05, 0) is 25.1 Å². The molecule has 0 bridgehead atoms. The van der Waals surface area contributed by atoms with Crippen LogP contribution in [-0.2, 0) is 4.74 Å². The van der Waals surface area contributed by atoms with E-state index in [1.54, 1.807) is 13.2 Å². The summed E-state index contributed by atoms with van der Waals surface area (Å²) in [4.78, 5) is 20.3. The number of anilines is 2. The van der Waals surface area contributed by atoms with Gasteiger partial charge in [0, 0.05) is 19.9 Å². The predicted octanol–water partition coefficient (Wildman–Crippen LogP) is 2.00. The molecule has 122 valence electrons. The monoisotopic (exact) mass is 316 g/mol. The summed E-state index contributed by atoms with van der Waals surface area (Å²) in [6, 6.07) is 9.04. The Kier molecular flexibility index (Phi) is 6.31. The van der Waals surface area contributed by atoms with E-state index in [1.807, 2.05) is 31.2 Å². The van der Waals surface area contributed by atoms with Gasteiger partial charge in [-0.25, -0.2) is 9.97 Å². The van der Waals surface area contributed by atoms with Gasteiger partial charge < -0.3 is 20.1 Å². The lowest BCUT2D eigenvalue weighted by Gasteiger charge is -2.11. The van der Waals surface area contributed by atoms with Crippen molar-refractivity contribution in [3.05, 3.63) is 42.2 Å². The van der Waals surface area contributed by atoms with E-state index >= 15 is 0 Å². The van der Waals surface area contributed by atoms with E-state index in [4.69, 9.17) is 9.47 Å². The smallest absolute Gasteiger partial charge is 0.270 e. The van der Waals surface area contributed by atoms with Crippen LogP contribution < -0.4 is 15.4 Å². The average Bonchev–Trinajstić information content (AvgIpc) is 2.57. The third-order valence-corrected chi connectivity index (χ3v) is 2.91. The lowest BCUT2D eigenvalue weighted by atomic mass is 10.3. The molecule has 2 N–H and O–H groups in total. The molecule has 0 aliphatic rings. The molecule has 0 aliphatic heterocycles. The van der Waals surface area contributed by atoms with Crippen LogP contribution in [0.4, 0.5) is 11.6 Å². The lowest BCUT2D eigenvalue weighted by molar-refractivity contribution is 0.0932.